The minimum Gasteiger partial charge on any atom is -0.292 e. The third-order valence-electron chi connectivity index (χ3n) is 2.24. The Hall–Kier alpha value is -1.71. The van der Waals surface area contributed by atoms with Crippen molar-refractivity contribution in [2.75, 3.05) is 0 Å². The first-order chi connectivity index (χ1) is 7.09. The molecule has 2 rings (SSSR count). The van der Waals surface area contributed by atoms with Crippen LogP contribution in [0, 0.1) is 12.8 Å². The van der Waals surface area contributed by atoms with Gasteiger partial charge in [0.25, 0.3) is 0 Å². The van der Waals surface area contributed by atoms with Gasteiger partial charge in [-0.1, -0.05) is 19.9 Å². The van der Waals surface area contributed by atoms with Gasteiger partial charge in [-0.15, -0.1) is 0 Å². The number of aryl methyl sites for hydroxylation is 1. The van der Waals surface area contributed by atoms with Crippen LogP contribution in [-0.2, 0) is 0 Å². The highest BCUT2D eigenvalue weighted by molar-refractivity contribution is 5.96. The summed E-state index contributed by atoms with van der Waals surface area (Å²) in [6, 6.07) is 5.46. The van der Waals surface area contributed by atoms with E-state index in [9.17, 15) is 4.79 Å². The van der Waals surface area contributed by atoms with Gasteiger partial charge in [0.15, 0.2) is 11.4 Å². The highest BCUT2D eigenvalue weighted by atomic mass is 16.1. The standard InChI is InChI=1S/C11H13N3O/c1-7(2)11(15)9-5-4-6-10-12-8(3)13-14(9)10/h4-7H,1-3H3. The molecule has 0 saturated heterocycles. The number of hydrogen-bond donors (Lipinski definition) is 0. The number of carbonyl (C=O) groups is 1. The molecule has 78 valence electrons. The van der Waals surface area contributed by atoms with Crippen molar-refractivity contribution < 1.29 is 4.79 Å². The van der Waals surface area contributed by atoms with Gasteiger partial charge < -0.3 is 0 Å². The van der Waals surface area contributed by atoms with E-state index in [1.165, 1.54) is 0 Å². The predicted molar refractivity (Wildman–Crippen MR) is 56.9 cm³/mol. The molecule has 4 heteroatoms. The number of carbonyl (C=O) groups excluding carboxylic acids is 1. The molecule has 0 atom stereocenters. The molecular formula is C11H13N3O. The summed E-state index contributed by atoms with van der Waals surface area (Å²) >= 11 is 0. The Bertz CT molecular complexity index is 514. The average Bonchev–Trinajstić information content (AvgIpc) is 2.56. The van der Waals surface area contributed by atoms with Crippen LogP contribution >= 0.6 is 0 Å². The molecule has 0 fully saturated rings. The molecule has 2 aromatic rings. The van der Waals surface area contributed by atoms with E-state index in [1.807, 2.05) is 32.9 Å². The molecule has 0 spiro atoms. The zero-order valence-corrected chi connectivity index (χ0v) is 9.06. The van der Waals surface area contributed by atoms with Crippen molar-refractivity contribution in [1.82, 2.24) is 14.6 Å². The van der Waals surface area contributed by atoms with Gasteiger partial charge in [-0.05, 0) is 19.1 Å². The van der Waals surface area contributed by atoms with Gasteiger partial charge in [-0.2, -0.15) is 5.10 Å². The van der Waals surface area contributed by atoms with Crippen LogP contribution < -0.4 is 0 Å². The van der Waals surface area contributed by atoms with Gasteiger partial charge in [0.2, 0.25) is 0 Å². The Balaban J connectivity index is 2.65. The normalized spacial score (nSPS) is 11.2. The van der Waals surface area contributed by atoms with E-state index in [0.29, 0.717) is 11.5 Å². The SMILES string of the molecule is Cc1nc2cccc(C(=O)C(C)C)n2n1. The molecule has 2 heterocycles. The summed E-state index contributed by atoms with van der Waals surface area (Å²) in [5.74, 6) is 0.740. The van der Waals surface area contributed by atoms with E-state index >= 15 is 0 Å². The lowest BCUT2D eigenvalue weighted by Gasteiger charge is -2.05. The van der Waals surface area contributed by atoms with Crippen molar-refractivity contribution in [2.24, 2.45) is 5.92 Å². The quantitative estimate of drug-likeness (QED) is 0.700. The van der Waals surface area contributed by atoms with E-state index in [0.717, 1.165) is 5.65 Å². The summed E-state index contributed by atoms with van der Waals surface area (Å²) in [7, 11) is 0. The highest BCUT2D eigenvalue weighted by Crippen LogP contribution is 2.10. The fourth-order valence-corrected chi connectivity index (χ4v) is 1.49. The molecule has 0 unspecified atom stereocenters. The Morgan fingerprint density at radius 1 is 1.40 bits per heavy atom. The topological polar surface area (TPSA) is 47.3 Å². The van der Waals surface area contributed by atoms with Crippen molar-refractivity contribution in [1.29, 1.82) is 0 Å². The zero-order chi connectivity index (χ0) is 11.0. The summed E-state index contributed by atoms with van der Waals surface area (Å²) in [5, 5.41) is 4.20. The second-order valence-electron chi connectivity index (χ2n) is 3.86. The minimum atomic E-state index is -0.0277. The van der Waals surface area contributed by atoms with Gasteiger partial charge >= 0.3 is 0 Å². The molecule has 0 amide bonds. The van der Waals surface area contributed by atoms with Crippen molar-refractivity contribution in [3.63, 3.8) is 0 Å². The average molecular weight is 203 g/mol. The van der Waals surface area contributed by atoms with E-state index in [-0.39, 0.29) is 11.7 Å². The molecule has 0 N–H and O–H groups in total. The van der Waals surface area contributed by atoms with Crippen LogP contribution in [0.5, 0.6) is 0 Å². The number of nitrogens with zero attached hydrogens (tertiary/aromatic N) is 3. The highest BCUT2D eigenvalue weighted by Gasteiger charge is 2.14. The van der Waals surface area contributed by atoms with Gasteiger partial charge in [-0.3, -0.25) is 4.79 Å². The monoisotopic (exact) mass is 203 g/mol. The molecule has 0 radical (unpaired) electrons. The number of hydrogen-bond acceptors (Lipinski definition) is 3. The van der Waals surface area contributed by atoms with Gasteiger partial charge in [0.1, 0.15) is 11.5 Å². The van der Waals surface area contributed by atoms with Crippen LogP contribution in [-0.4, -0.2) is 20.4 Å². The third kappa shape index (κ3) is 1.63. The number of rotatable bonds is 2. The number of ketones is 1. The van der Waals surface area contributed by atoms with Crippen LogP contribution in [0.4, 0.5) is 0 Å². The van der Waals surface area contributed by atoms with Gasteiger partial charge in [0, 0.05) is 5.92 Å². The molecule has 0 saturated carbocycles. The number of pyridine rings is 1. The number of aromatic nitrogens is 3. The maximum absolute atomic E-state index is 11.9. The Labute approximate surface area is 87.9 Å². The van der Waals surface area contributed by atoms with Crippen LogP contribution in [0.15, 0.2) is 18.2 Å². The second-order valence-corrected chi connectivity index (χ2v) is 3.86. The first-order valence-corrected chi connectivity index (χ1v) is 4.96. The maximum Gasteiger partial charge on any atom is 0.183 e. The lowest BCUT2D eigenvalue weighted by molar-refractivity contribution is 0.0932. The molecule has 2 aromatic heterocycles. The summed E-state index contributed by atoms with van der Waals surface area (Å²) in [4.78, 5) is 16.1. The molecule has 15 heavy (non-hydrogen) atoms. The molecule has 4 nitrogen and oxygen atoms in total. The second kappa shape index (κ2) is 3.46. The van der Waals surface area contributed by atoms with Gasteiger partial charge in [0.05, 0.1) is 0 Å². The molecular weight excluding hydrogens is 190 g/mol. The van der Waals surface area contributed by atoms with Crippen molar-refractivity contribution in [3.05, 3.63) is 29.7 Å². The zero-order valence-electron chi connectivity index (χ0n) is 9.06. The summed E-state index contributed by atoms with van der Waals surface area (Å²) in [5.41, 5.74) is 1.32. The third-order valence-corrected chi connectivity index (χ3v) is 2.24. The molecule has 0 aromatic carbocycles. The van der Waals surface area contributed by atoms with E-state index < -0.39 is 0 Å². The Kier molecular flexibility index (Phi) is 2.26. The van der Waals surface area contributed by atoms with Crippen LogP contribution in [0.2, 0.25) is 0 Å². The summed E-state index contributed by atoms with van der Waals surface area (Å²) in [6.07, 6.45) is 0. The van der Waals surface area contributed by atoms with E-state index in [1.54, 1.807) is 10.6 Å². The predicted octanol–water partition coefficient (Wildman–Crippen LogP) is 1.88. The number of fused-ring (bicyclic) bond motifs is 1. The lowest BCUT2D eigenvalue weighted by atomic mass is 10.1. The van der Waals surface area contributed by atoms with Crippen LogP contribution in [0.3, 0.4) is 0 Å². The first kappa shape index (κ1) is 9.83. The molecule has 0 aliphatic carbocycles. The maximum atomic E-state index is 11.9. The Morgan fingerprint density at radius 2 is 2.13 bits per heavy atom. The van der Waals surface area contributed by atoms with E-state index in [4.69, 9.17) is 0 Å². The smallest absolute Gasteiger partial charge is 0.183 e. The van der Waals surface area contributed by atoms with Crippen molar-refractivity contribution in [3.8, 4) is 0 Å². The van der Waals surface area contributed by atoms with Crippen molar-refractivity contribution in [2.45, 2.75) is 20.8 Å². The van der Waals surface area contributed by atoms with Crippen LogP contribution in [0.25, 0.3) is 5.65 Å². The lowest BCUT2D eigenvalue weighted by Crippen LogP contribution is -2.12. The first-order valence-electron chi connectivity index (χ1n) is 4.96. The minimum absolute atomic E-state index is 0.0277. The largest absolute Gasteiger partial charge is 0.292 e. The van der Waals surface area contributed by atoms with Gasteiger partial charge in [-0.25, -0.2) is 9.50 Å². The molecule has 0 aliphatic heterocycles. The Morgan fingerprint density at radius 3 is 2.80 bits per heavy atom. The van der Waals surface area contributed by atoms with Crippen LogP contribution in [0.1, 0.15) is 30.2 Å². The summed E-state index contributed by atoms with van der Waals surface area (Å²) < 4.78 is 1.61. The number of Topliss-reactive ketones (excluding diaryl/α,β-unsaturated/α-hetero) is 1. The molecule has 0 bridgehead atoms. The fraction of sp³-hybridized carbons (Fsp3) is 0.364. The fourth-order valence-electron chi connectivity index (χ4n) is 1.49. The molecule has 0 aliphatic rings. The summed E-state index contributed by atoms with van der Waals surface area (Å²) in [6.45, 7) is 5.58. The van der Waals surface area contributed by atoms with Crippen molar-refractivity contribution >= 4 is 11.4 Å². The van der Waals surface area contributed by atoms with E-state index in [2.05, 4.69) is 10.1 Å².